The third kappa shape index (κ3) is 3.19. The van der Waals surface area contributed by atoms with Gasteiger partial charge in [0.25, 0.3) is 0 Å². The summed E-state index contributed by atoms with van der Waals surface area (Å²) in [5, 5.41) is 3.28. The third-order valence-corrected chi connectivity index (χ3v) is 4.31. The predicted octanol–water partition coefficient (Wildman–Crippen LogP) is 0.539. The van der Waals surface area contributed by atoms with Gasteiger partial charge in [0.2, 0.25) is 5.91 Å². The molecule has 2 aliphatic rings. The lowest BCUT2D eigenvalue weighted by Gasteiger charge is -2.39. The monoisotopic (exact) mass is 239 g/mol. The van der Waals surface area contributed by atoms with Crippen LogP contribution in [0.3, 0.4) is 0 Å². The number of piperidine rings is 1. The molecule has 0 aliphatic carbocycles. The van der Waals surface area contributed by atoms with E-state index in [0.29, 0.717) is 18.5 Å². The van der Waals surface area contributed by atoms with Crippen LogP contribution in [0.4, 0.5) is 0 Å². The average molecular weight is 239 g/mol. The van der Waals surface area contributed by atoms with Gasteiger partial charge in [-0.1, -0.05) is 6.92 Å². The zero-order chi connectivity index (χ0) is 12.3. The van der Waals surface area contributed by atoms with Crippen molar-refractivity contribution in [1.82, 2.24) is 15.1 Å². The number of hydrogen-bond acceptors (Lipinski definition) is 3. The van der Waals surface area contributed by atoms with Crippen molar-refractivity contribution in [2.75, 3.05) is 39.3 Å². The van der Waals surface area contributed by atoms with Gasteiger partial charge in [-0.3, -0.25) is 9.69 Å². The molecule has 2 heterocycles. The van der Waals surface area contributed by atoms with Gasteiger partial charge < -0.3 is 10.2 Å². The Labute approximate surface area is 104 Å². The number of rotatable bonds is 2. The summed E-state index contributed by atoms with van der Waals surface area (Å²) in [5.74, 6) is 1.03. The average Bonchev–Trinajstić information content (AvgIpc) is 2.36. The lowest BCUT2D eigenvalue weighted by Crippen LogP contribution is -2.52. The molecule has 0 spiro atoms. The predicted molar refractivity (Wildman–Crippen MR) is 68.9 cm³/mol. The molecule has 2 aliphatic heterocycles. The van der Waals surface area contributed by atoms with Gasteiger partial charge >= 0.3 is 0 Å². The molecule has 2 fully saturated rings. The minimum absolute atomic E-state index is 0.312. The second-order valence-electron chi connectivity index (χ2n) is 5.46. The van der Waals surface area contributed by atoms with E-state index in [1.807, 2.05) is 4.90 Å². The van der Waals surface area contributed by atoms with Crippen molar-refractivity contribution < 1.29 is 4.79 Å². The normalized spacial score (nSPS) is 31.5. The second-order valence-corrected chi connectivity index (χ2v) is 5.46. The Balaban J connectivity index is 1.84. The Kier molecular flexibility index (Phi) is 4.40. The first-order chi connectivity index (χ1) is 8.18. The second kappa shape index (κ2) is 5.83. The summed E-state index contributed by atoms with van der Waals surface area (Å²) >= 11 is 0. The highest BCUT2D eigenvalue weighted by Crippen LogP contribution is 2.22. The minimum atomic E-state index is 0.312. The number of nitrogens with one attached hydrogen (secondary N) is 1. The van der Waals surface area contributed by atoms with Crippen LogP contribution in [0, 0.1) is 5.92 Å². The first-order valence-electron chi connectivity index (χ1n) is 6.91. The summed E-state index contributed by atoms with van der Waals surface area (Å²) in [4.78, 5) is 16.5. The van der Waals surface area contributed by atoms with Gasteiger partial charge in [-0.15, -0.1) is 0 Å². The maximum absolute atomic E-state index is 12.2. The van der Waals surface area contributed by atoms with Gasteiger partial charge in [0.05, 0.1) is 6.54 Å². The lowest BCUT2D eigenvalue weighted by molar-refractivity contribution is -0.134. The van der Waals surface area contributed by atoms with E-state index in [1.165, 1.54) is 12.8 Å². The van der Waals surface area contributed by atoms with E-state index in [9.17, 15) is 4.79 Å². The van der Waals surface area contributed by atoms with Crippen molar-refractivity contribution >= 4 is 5.91 Å². The largest absolute Gasteiger partial charge is 0.339 e. The molecule has 0 aromatic carbocycles. The van der Waals surface area contributed by atoms with Crippen LogP contribution in [0.1, 0.15) is 26.7 Å². The van der Waals surface area contributed by atoms with Crippen LogP contribution in [0.5, 0.6) is 0 Å². The Morgan fingerprint density at radius 1 is 1.24 bits per heavy atom. The molecule has 1 amide bonds. The molecule has 2 atom stereocenters. The van der Waals surface area contributed by atoms with E-state index in [1.54, 1.807) is 0 Å². The van der Waals surface area contributed by atoms with Gasteiger partial charge in [0, 0.05) is 32.2 Å². The maximum atomic E-state index is 12.2. The van der Waals surface area contributed by atoms with Gasteiger partial charge in [-0.05, 0) is 32.2 Å². The van der Waals surface area contributed by atoms with E-state index >= 15 is 0 Å². The third-order valence-electron chi connectivity index (χ3n) is 4.31. The summed E-state index contributed by atoms with van der Waals surface area (Å²) in [7, 11) is 0. The van der Waals surface area contributed by atoms with E-state index in [0.717, 1.165) is 38.6 Å². The van der Waals surface area contributed by atoms with Crippen molar-refractivity contribution in [1.29, 1.82) is 0 Å². The molecule has 98 valence electrons. The van der Waals surface area contributed by atoms with Crippen molar-refractivity contribution in [2.24, 2.45) is 5.92 Å². The molecule has 4 nitrogen and oxygen atoms in total. The van der Waals surface area contributed by atoms with Crippen LogP contribution in [-0.4, -0.2) is 61.0 Å². The van der Waals surface area contributed by atoms with Crippen molar-refractivity contribution in [3.8, 4) is 0 Å². The molecule has 17 heavy (non-hydrogen) atoms. The van der Waals surface area contributed by atoms with E-state index < -0.39 is 0 Å². The molecular weight excluding hydrogens is 214 g/mol. The number of hydrogen-bond donors (Lipinski definition) is 1. The van der Waals surface area contributed by atoms with E-state index in [2.05, 4.69) is 24.1 Å². The summed E-state index contributed by atoms with van der Waals surface area (Å²) in [6.07, 6.45) is 2.54. The molecule has 0 saturated carbocycles. The molecule has 2 saturated heterocycles. The van der Waals surface area contributed by atoms with Gasteiger partial charge in [-0.25, -0.2) is 0 Å². The Bertz CT molecular complexity index is 263. The van der Waals surface area contributed by atoms with Crippen molar-refractivity contribution in [3.63, 3.8) is 0 Å². The standard InChI is InChI=1S/C13H25N3O/c1-11-4-3-7-16(12(11)2)10-13(17)15-8-5-14-6-9-15/h11-12,14H,3-10H2,1-2H3. The molecule has 1 N–H and O–H groups in total. The molecule has 4 heteroatoms. The summed E-state index contributed by atoms with van der Waals surface area (Å²) in [6, 6.07) is 0.551. The Hall–Kier alpha value is -0.610. The molecule has 2 unspecified atom stereocenters. The number of carbonyl (C=O) groups excluding carboxylic acids is 1. The fraction of sp³-hybridized carbons (Fsp3) is 0.923. The number of nitrogens with zero attached hydrogens (tertiary/aromatic N) is 2. The van der Waals surface area contributed by atoms with E-state index in [4.69, 9.17) is 0 Å². The van der Waals surface area contributed by atoms with Gasteiger partial charge in [0.1, 0.15) is 0 Å². The number of likely N-dealkylation sites (tertiary alicyclic amines) is 1. The SMILES string of the molecule is CC1CCCN(CC(=O)N2CCNCC2)C1C. The Morgan fingerprint density at radius 3 is 2.65 bits per heavy atom. The Morgan fingerprint density at radius 2 is 1.94 bits per heavy atom. The first-order valence-corrected chi connectivity index (χ1v) is 6.91. The zero-order valence-electron chi connectivity index (χ0n) is 11.1. The highest BCUT2D eigenvalue weighted by molar-refractivity contribution is 5.78. The smallest absolute Gasteiger partial charge is 0.236 e. The van der Waals surface area contributed by atoms with E-state index in [-0.39, 0.29) is 0 Å². The fourth-order valence-corrected chi connectivity index (χ4v) is 2.83. The van der Waals surface area contributed by atoms with Crippen molar-refractivity contribution in [3.05, 3.63) is 0 Å². The number of amides is 1. The zero-order valence-corrected chi connectivity index (χ0v) is 11.1. The van der Waals surface area contributed by atoms with Crippen LogP contribution < -0.4 is 5.32 Å². The van der Waals surface area contributed by atoms with Gasteiger partial charge in [-0.2, -0.15) is 0 Å². The first kappa shape index (κ1) is 12.8. The van der Waals surface area contributed by atoms with Crippen molar-refractivity contribution in [2.45, 2.75) is 32.7 Å². The van der Waals surface area contributed by atoms with Crippen LogP contribution in [0.15, 0.2) is 0 Å². The van der Waals surface area contributed by atoms with Crippen LogP contribution >= 0.6 is 0 Å². The molecule has 0 radical (unpaired) electrons. The van der Waals surface area contributed by atoms with Gasteiger partial charge in [0.15, 0.2) is 0 Å². The minimum Gasteiger partial charge on any atom is -0.339 e. The molecule has 0 aromatic heterocycles. The highest BCUT2D eigenvalue weighted by atomic mass is 16.2. The summed E-state index contributed by atoms with van der Waals surface area (Å²) in [5.41, 5.74) is 0. The quantitative estimate of drug-likeness (QED) is 0.764. The molecule has 0 bridgehead atoms. The summed E-state index contributed by atoms with van der Waals surface area (Å²) < 4.78 is 0. The molecule has 2 rings (SSSR count). The summed E-state index contributed by atoms with van der Waals surface area (Å²) in [6.45, 7) is 9.89. The maximum Gasteiger partial charge on any atom is 0.236 e. The molecular formula is C13H25N3O. The van der Waals surface area contributed by atoms with Crippen LogP contribution in [0.25, 0.3) is 0 Å². The number of piperazine rings is 1. The molecule has 0 aromatic rings. The highest BCUT2D eigenvalue weighted by Gasteiger charge is 2.27. The fourth-order valence-electron chi connectivity index (χ4n) is 2.83. The van der Waals surface area contributed by atoms with Crippen LogP contribution in [0.2, 0.25) is 0 Å². The van der Waals surface area contributed by atoms with Crippen LogP contribution in [-0.2, 0) is 4.79 Å². The lowest BCUT2D eigenvalue weighted by atomic mass is 9.92. The number of carbonyl (C=O) groups is 1. The topological polar surface area (TPSA) is 35.6 Å².